The van der Waals surface area contributed by atoms with Crippen molar-refractivity contribution < 1.29 is 8.42 Å². The third kappa shape index (κ3) is 2.54. The summed E-state index contributed by atoms with van der Waals surface area (Å²) in [6, 6.07) is 5.09. The topological polar surface area (TPSA) is 47.0 Å². The van der Waals surface area contributed by atoms with Crippen molar-refractivity contribution in [2.45, 2.75) is 31.2 Å². The Morgan fingerprint density at radius 1 is 1.21 bits per heavy atom. The van der Waals surface area contributed by atoms with Crippen molar-refractivity contribution in [1.29, 1.82) is 0 Å². The Hall–Kier alpha value is -0.900. The molecule has 0 fully saturated rings. The summed E-state index contributed by atoms with van der Waals surface area (Å²) in [5, 5.41) is 0.143. The average molecular weight is 213 g/mol. The van der Waals surface area contributed by atoms with Crippen LogP contribution in [0.3, 0.4) is 0 Å². The van der Waals surface area contributed by atoms with E-state index in [4.69, 9.17) is 0 Å². The first-order chi connectivity index (χ1) is 6.21. The van der Waals surface area contributed by atoms with Gasteiger partial charge in [-0.1, -0.05) is 26.8 Å². The Morgan fingerprint density at radius 2 is 1.79 bits per heavy atom. The smallest absolute Gasteiger partial charge is 0.192 e. The molecule has 0 aliphatic rings. The van der Waals surface area contributed by atoms with Gasteiger partial charge in [0.25, 0.3) is 0 Å². The second-order valence-corrected chi connectivity index (χ2v) is 6.35. The zero-order valence-corrected chi connectivity index (χ0v) is 9.72. The molecule has 0 saturated heterocycles. The van der Waals surface area contributed by atoms with Gasteiger partial charge in [-0.2, -0.15) is 0 Å². The number of hydrogen-bond acceptors (Lipinski definition) is 3. The minimum atomic E-state index is -3.20. The molecule has 0 bridgehead atoms. The third-order valence-corrected chi connectivity index (χ3v) is 2.86. The molecule has 4 heteroatoms. The van der Waals surface area contributed by atoms with Crippen LogP contribution in [0, 0.1) is 0 Å². The maximum Gasteiger partial charge on any atom is 0.192 e. The fourth-order valence-corrected chi connectivity index (χ4v) is 1.63. The summed E-state index contributed by atoms with van der Waals surface area (Å²) in [5.74, 6) is 0. The lowest BCUT2D eigenvalue weighted by atomic mass is 9.92. The van der Waals surface area contributed by atoms with Gasteiger partial charge in [-0.05, 0) is 12.1 Å². The lowest BCUT2D eigenvalue weighted by Crippen LogP contribution is -2.15. The molecule has 14 heavy (non-hydrogen) atoms. The molecule has 1 heterocycles. The lowest BCUT2D eigenvalue weighted by molar-refractivity contribution is 0.557. The van der Waals surface area contributed by atoms with Crippen molar-refractivity contribution in [3.05, 3.63) is 23.9 Å². The normalized spacial score (nSPS) is 12.9. The van der Waals surface area contributed by atoms with Crippen molar-refractivity contribution >= 4 is 9.84 Å². The van der Waals surface area contributed by atoms with Crippen LogP contribution in [0.25, 0.3) is 0 Å². The highest BCUT2D eigenvalue weighted by Gasteiger charge is 2.17. The molecule has 0 aliphatic carbocycles. The van der Waals surface area contributed by atoms with E-state index in [0.29, 0.717) is 0 Å². The van der Waals surface area contributed by atoms with Crippen LogP contribution in [-0.2, 0) is 15.3 Å². The number of aromatic nitrogens is 1. The van der Waals surface area contributed by atoms with Crippen LogP contribution in [0.1, 0.15) is 26.5 Å². The van der Waals surface area contributed by atoms with Crippen molar-refractivity contribution in [2.24, 2.45) is 0 Å². The molecule has 0 saturated carbocycles. The number of rotatable bonds is 1. The Bertz CT molecular complexity index is 430. The van der Waals surface area contributed by atoms with Gasteiger partial charge in [0.05, 0.1) is 0 Å². The molecule has 1 aromatic rings. The molecule has 78 valence electrons. The Morgan fingerprint density at radius 3 is 2.21 bits per heavy atom. The van der Waals surface area contributed by atoms with Crippen LogP contribution in [0.2, 0.25) is 0 Å². The summed E-state index contributed by atoms with van der Waals surface area (Å²) in [7, 11) is -3.20. The summed E-state index contributed by atoms with van der Waals surface area (Å²) < 4.78 is 22.5. The van der Waals surface area contributed by atoms with Crippen molar-refractivity contribution in [1.82, 2.24) is 4.98 Å². The molecule has 0 unspecified atom stereocenters. The Balaban J connectivity index is 3.29. The second kappa shape index (κ2) is 3.35. The molecule has 0 aromatic carbocycles. The quantitative estimate of drug-likeness (QED) is 0.714. The molecule has 0 aliphatic heterocycles. The maximum absolute atomic E-state index is 11.2. The Labute approximate surface area is 85.1 Å². The van der Waals surface area contributed by atoms with Crippen molar-refractivity contribution in [2.75, 3.05) is 6.26 Å². The number of hydrogen-bond donors (Lipinski definition) is 0. The number of pyridine rings is 1. The van der Waals surface area contributed by atoms with E-state index in [2.05, 4.69) is 4.98 Å². The van der Waals surface area contributed by atoms with Gasteiger partial charge < -0.3 is 0 Å². The van der Waals surface area contributed by atoms with E-state index in [0.717, 1.165) is 5.69 Å². The van der Waals surface area contributed by atoms with Gasteiger partial charge in [0, 0.05) is 17.4 Å². The first-order valence-corrected chi connectivity index (χ1v) is 6.28. The van der Waals surface area contributed by atoms with Gasteiger partial charge in [0.2, 0.25) is 0 Å². The molecule has 0 radical (unpaired) electrons. The van der Waals surface area contributed by atoms with Crippen LogP contribution < -0.4 is 0 Å². The monoisotopic (exact) mass is 213 g/mol. The molecular formula is C10H15NO2S. The van der Waals surface area contributed by atoms with E-state index in [1.807, 2.05) is 26.8 Å². The first-order valence-electron chi connectivity index (χ1n) is 4.39. The fraction of sp³-hybridized carbons (Fsp3) is 0.500. The van der Waals surface area contributed by atoms with Gasteiger partial charge in [-0.3, -0.25) is 0 Å². The predicted octanol–water partition coefficient (Wildman–Crippen LogP) is 1.78. The van der Waals surface area contributed by atoms with Crippen LogP contribution in [0.4, 0.5) is 0 Å². The average Bonchev–Trinajstić information content (AvgIpc) is 2.01. The highest BCUT2D eigenvalue weighted by Crippen LogP contribution is 2.20. The predicted molar refractivity (Wildman–Crippen MR) is 56.0 cm³/mol. The molecule has 1 rings (SSSR count). The molecular weight excluding hydrogens is 198 g/mol. The van der Waals surface area contributed by atoms with Crippen LogP contribution in [0.15, 0.2) is 23.2 Å². The van der Waals surface area contributed by atoms with Gasteiger partial charge in [-0.15, -0.1) is 0 Å². The van der Waals surface area contributed by atoms with Gasteiger partial charge in [-0.25, -0.2) is 13.4 Å². The minimum absolute atomic E-state index is 0.124. The fourth-order valence-electron chi connectivity index (χ4n) is 1.04. The maximum atomic E-state index is 11.2. The Kier molecular flexibility index (Phi) is 2.67. The first kappa shape index (κ1) is 11.2. The summed E-state index contributed by atoms with van der Waals surface area (Å²) in [6.07, 6.45) is 1.17. The summed E-state index contributed by atoms with van der Waals surface area (Å²) in [6.45, 7) is 6.00. The van der Waals surface area contributed by atoms with E-state index in [1.165, 1.54) is 12.3 Å². The van der Waals surface area contributed by atoms with Crippen LogP contribution in [0.5, 0.6) is 0 Å². The van der Waals surface area contributed by atoms with Crippen LogP contribution in [-0.4, -0.2) is 19.7 Å². The SMILES string of the molecule is CC(C)(C)c1cccc(S(C)(=O)=O)n1. The standard InChI is InChI=1S/C10H15NO2S/c1-10(2,3)8-6-5-7-9(11-8)14(4,12)13/h5-7H,1-4H3. The van der Waals surface area contributed by atoms with E-state index < -0.39 is 9.84 Å². The lowest BCUT2D eigenvalue weighted by Gasteiger charge is -2.17. The minimum Gasteiger partial charge on any atom is -0.241 e. The zero-order valence-electron chi connectivity index (χ0n) is 8.90. The number of sulfone groups is 1. The van der Waals surface area contributed by atoms with Gasteiger partial charge >= 0.3 is 0 Å². The zero-order chi connectivity index (χ0) is 11.0. The molecule has 0 N–H and O–H groups in total. The van der Waals surface area contributed by atoms with Gasteiger partial charge in [0.15, 0.2) is 14.9 Å². The molecule has 3 nitrogen and oxygen atoms in total. The van der Waals surface area contributed by atoms with E-state index in [-0.39, 0.29) is 10.4 Å². The highest BCUT2D eigenvalue weighted by atomic mass is 32.2. The van der Waals surface area contributed by atoms with Crippen LogP contribution >= 0.6 is 0 Å². The summed E-state index contributed by atoms with van der Waals surface area (Å²) in [5.41, 5.74) is 0.668. The second-order valence-electron chi connectivity index (χ2n) is 4.38. The highest BCUT2D eigenvalue weighted by molar-refractivity contribution is 7.90. The summed E-state index contributed by atoms with van der Waals surface area (Å²) >= 11 is 0. The van der Waals surface area contributed by atoms with E-state index in [1.54, 1.807) is 6.07 Å². The van der Waals surface area contributed by atoms with Gasteiger partial charge in [0.1, 0.15) is 0 Å². The van der Waals surface area contributed by atoms with Crippen molar-refractivity contribution in [3.8, 4) is 0 Å². The molecule has 0 spiro atoms. The molecule has 1 aromatic heterocycles. The number of nitrogens with zero attached hydrogens (tertiary/aromatic N) is 1. The van der Waals surface area contributed by atoms with E-state index >= 15 is 0 Å². The van der Waals surface area contributed by atoms with E-state index in [9.17, 15) is 8.42 Å². The largest absolute Gasteiger partial charge is 0.241 e. The molecule has 0 atom stereocenters. The molecule has 0 amide bonds. The third-order valence-electron chi connectivity index (χ3n) is 1.87. The summed E-state index contributed by atoms with van der Waals surface area (Å²) in [4.78, 5) is 4.13. The van der Waals surface area contributed by atoms with Crippen molar-refractivity contribution in [3.63, 3.8) is 0 Å².